The van der Waals surface area contributed by atoms with Gasteiger partial charge in [0, 0.05) is 6.07 Å². The van der Waals surface area contributed by atoms with E-state index < -0.39 is 18.0 Å². The predicted molar refractivity (Wildman–Crippen MR) is 44.8 cm³/mol. The minimum Gasteiger partial charge on any atom is -0.429 e. The van der Waals surface area contributed by atoms with Crippen molar-refractivity contribution in [3.05, 3.63) is 24.3 Å². The van der Waals surface area contributed by atoms with Crippen LogP contribution in [0.5, 0.6) is 11.5 Å². The lowest BCUT2D eigenvalue weighted by atomic mass is 10.3. The van der Waals surface area contributed by atoms with Gasteiger partial charge in [0.2, 0.25) is 0 Å². The van der Waals surface area contributed by atoms with Crippen LogP contribution in [0.15, 0.2) is 24.3 Å². The highest BCUT2D eigenvalue weighted by Gasteiger charge is 2.61. The van der Waals surface area contributed by atoms with Crippen LogP contribution in [0.25, 0.3) is 0 Å². The molecule has 0 bridgehead atoms. The number of benzene rings is 1. The SMILES string of the molecule is O=COc1cccc(OC(F)(F)C(F)(F)F)c1. The quantitative estimate of drug-likeness (QED) is 0.613. The molecule has 1 aromatic carbocycles. The molecule has 94 valence electrons. The number of hydrogen-bond acceptors (Lipinski definition) is 3. The average molecular weight is 256 g/mol. The molecule has 0 saturated heterocycles. The van der Waals surface area contributed by atoms with Gasteiger partial charge in [-0.2, -0.15) is 22.0 Å². The molecule has 1 rings (SSSR count). The molecule has 0 aliphatic heterocycles. The van der Waals surface area contributed by atoms with Crippen LogP contribution in [0.4, 0.5) is 22.0 Å². The highest BCUT2D eigenvalue weighted by atomic mass is 19.4. The minimum atomic E-state index is -5.82. The lowest BCUT2D eigenvalue weighted by molar-refractivity contribution is -0.360. The number of rotatable bonds is 4. The third kappa shape index (κ3) is 3.30. The van der Waals surface area contributed by atoms with Crippen molar-refractivity contribution in [1.29, 1.82) is 0 Å². The van der Waals surface area contributed by atoms with Crippen LogP contribution in [0.2, 0.25) is 0 Å². The first-order valence-corrected chi connectivity index (χ1v) is 4.10. The molecule has 0 aromatic heterocycles. The maximum Gasteiger partial charge on any atom is 0.499 e. The van der Waals surface area contributed by atoms with E-state index in [0.29, 0.717) is 0 Å². The van der Waals surface area contributed by atoms with Crippen molar-refractivity contribution in [2.75, 3.05) is 0 Å². The van der Waals surface area contributed by atoms with E-state index >= 15 is 0 Å². The summed E-state index contributed by atoms with van der Waals surface area (Å²) in [6, 6.07) is 3.89. The number of alkyl halides is 5. The van der Waals surface area contributed by atoms with Crippen LogP contribution in [0.3, 0.4) is 0 Å². The second-order valence-corrected chi connectivity index (χ2v) is 2.81. The van der Waals surface area contributed by atoms with E-state index in [-0.39, 0.29) is 12.2 Å². The number of hydrogen-bond donors (Lipinski definition) is 0. The van der Waals surface area contributed by atoms with Gasteiger partial charge in [-0.15, -0.1) is 0 Å². The van der Waals surface area contributed by atoms with E-state index in [1.165, 1.54) is 6.07 Å². The Bertz CT molecular complexity index is 402. The van der Waals surface area contributed by atoms with Crippen LogP contribution in [-0.2, 0) is 4.79 Å². The molecular weight excluding hydrogens is 251 g/mol. The molecule has 3 nitrogen and oxygen atoms in total. The number of carbonyl (C=O) groups excluding carboxylic acids is 1. The summed E-state index contributed by atoms with van der Waals surface area (Å²) in [6.45, 7) is 0.00101. The Morgan fingerprint density at radius 1 is 1.06 bits per heavy atom. The van der Waals surface area contributed by atoms with E-state index in [2.05, 4.69) is 9.47 Å². The molecule has 0 unspecified atom stereocenters. The van der Waals surface area contributed by atoms with Gasteiger partial charge in [-0.1, -0.05) is 6.07 Å². The molecule has 0 aliphatic rings. The summed E-state index contributed by atoms with van der Waals surface area (Å²) in [5, 5.41) is 0. The first-order valence-electron chi connectivity index (χ1n) is 4.10. The Kier molecular flexibility index (Phi) is 3.54. The van der Waals surface area contributed by atoms with Crippen LogP contribution in [-0.4, -0.2) is 18.8 Å². The highest BCUT2D eigenvalue weighted by molar-refractivity contribution is 5.46. The Morgan fingerprint density at radius 2 is 1.65 bits per heavy atom. The second-order valence-electron chi connectivity index (χ2n) is 2.81. The molecule has 0 heterocycles. The lowest BCUT2D eigenvalue weighted by Crippen LogP contribution is -2.41. The first-order chi connectivity index (χ1) is 7.76. The van der Waals surface area contributed by atoms with Crippen molar-refractivity contribution in [1.82, 2.24) is 0 Å². The molecule has 0 aliphatic carbocycles. The summed E-state index contributed by atoms with van der Waals surface area (Å²) in [5.74, 6) is -0.984. The van der Waals surface area contributed by atoms with Crippen molar-refractivity contribution < 1.29 is 36.2 Å². The first kappa shape index (κ1) is 13.2. The van der Waals surface area contributed by atoms with Crippen molar-refractivity contribution in [3.8, 4) is 11.5 Å². The fourth-order valence-corrected chi connectivity index (χ4v) is 0.872. The molecule has 0 spiro atoms. The van der Waals surface area contributed by atoms with Crippen LogP contribution >= 0.6 is 0 Å². The van der Waals surface area contributed by atoms with Gasteiger partial charge in [-0.25, -0.2) is 0 Å². The van der Waals surface area contributed by atoms with Gasteiger partial charge < -0.3 is 9.47 Å². The largest absolute Gasteiger partial charge is 0.499 e. The second kappa shape index (κ2) is 4.56. The molecular formula is C9H5F5O3. The molecule has 17 heavy (non-hydrogen) atoms. The maximum absolute atomic E-state index is 12.5. The fourth-order valence-electron chi connectivity index (χ4n) is 0.872. The number of halogens is 5. The zero-order chi connectivity index (χ0) is 13.1. The van der Waals surface area contributed by atoms with Gasteiger partial charge in [0.15, 0.2) is 0 Å². The summed E-state index contributed by atoms with van der Waals surface area (Å²) in [6.07, 6.45) is -11.1. The Hall–Kier alpha value is -1.86. The molecule has 0 atom stereocenters. The molecule has 0 N–H and O–H groups in total. The van der Waals surface area contributed by atoms with Gasteiger partial charge in [0.25, 0.3) is 6.47 Å². The zero-order valence-corrected chi connectivity index (χ0v) is 8.00. The average Bonchev–Trinajstić information content (AvgIpc) is 2.16. The van der Waals surface area contributed by atoms with Gasteiger partial charge in [0.05, 0.1) is 0 Å². The third-order valence-electron chi connectivity index (χ3n) is 1.57. The molecule has 0 saturated carbocycles. The molecule has 0 amide bonds. The molecule has 0 radical (unpaired) electrons. The van der Waals surface area contributed by atoms with E-state index in [1.807, 2.05) is 0 Å². The van der Waals surface area contributed by atoms with Gasteiger partial charge in [-0.3, -0.25) is 4.79 Å². The van der Waals surface area contributed by atoms with Crippen molar-refractivity contribution in [3.63, 3.8) is 0 Å². The van der Waals surface area contributed by atoms with Gasteiger partial charge >= 0.3 is 12.3 Å². The zero-order valence-electron chi connectivity index (χ0n) is 8.00. The molecule has 0 fully saturated rings. The van der Waals surface area contributed by atoms with Crippen LogP contribution < -0.4 is 9.47 Å². The summed E-state index contributed by atoms with van der Waals surface area (Å²) in [5.41, 5.74) is 0. The number of ether oxygens (including phenoxy) is 2. The van der Waals surface area contributed by atoms with E-state index in [1.54, 1.807) is 0 Å². The van der Waals surface area contributed by atoms with Crippen molar-refractivity contribution in [2.45, 2.75) is 12.3 Å². The lowest BCUT2D eigenvalue weighted by Gasteiger charge is -2.20. The number of carbonyl (C=O) groups is 1. The highest BCUT2D eigenvalue weighted by Crippen LogP contribution is 2.37. The smallest absolute Gasteiger partial charge is 0.429 e. The summed E-state index contributed by atoms with van der Waals surface area (Å²) >= 11 is 0. The Labute approximate surface area is 91.7 Å². The van der Waals surface area contributed by atoms with E-state index in [4.69, 9.17) is 0 Å². The van der Waals surface area contributed by atoms with Crippen LogP contribution in [0.1, 0.15) is 0 Å². The Morgan fingerprint density at radius 3 is 2.18 bits per heavy atom. The monoisotopic (exact) mass is 256 g/mol. The molecule has 1 aromatic rings. The maximum atomic E-state index is 12.5. The third-order valence-corrected chi connectivity index (χ3v) is 1.57. The topological polar surface area (TPSA) is 35.5 Å². The van der Waals surface area contributed by atoms with E-state index in [0.717, 1.165) is 18.2 Å². The summed E-state index contributed by atoms with van der Waals surface area (Å²) in [7, 11) is 0. The van der Waals surface area contributed by atoms with Crippen LogP contribution in [0, 0.1) is 0 Å². The van der Waals surface area contributed by atoms with Gasteiger partial charge in [-0.05, 0) is 12.1 Å². The fraction of sp³-hybridized carbons (Fsp3) is 0.222. The van der Waals surface area contributed by atoms with Gasteiger partial charge in [0.1, 0.15) is 11.5 Å². The summed E-state index contributed by atoms with van der Waals surface area (Å²) in [4.78, 5) is 9.94. The van der Waals surface area contributed by atoms with Crippen molar-refractivity contribution in [2.24, 2.45) is 0 Å². The van der Waals surface area contributed by atoms with Crippen molar-refractivity contribution >= 4 is 6.47 Å². The standard InChI is InChI=1S/C9H5F5O3/c10-8(11,12)9(13,14)17-7-3-1-2-6(4-7)16-5-15/h1-5H. The Balaban J connectivity index is 2.88. The predicted octanol–water partition coefficient (Wildman–Crippen LogP) is 2.76. The normalized spacial score (nSPS) is 12.1. The van der Waals surface area contributed by atoms with E-state index in [9.17, 15) is 26.7 Å². The summed E-state index contributed by atoms with van der Waals surface area (Å²) < 4.78 is 68.1. The minimum absolute atomic E-state index is 0.00101. The molecule has 8 heteroatoms.